The lowest BCUT2D eigenvalue weighted by molar-refractivity contribution is -0.122. The fourth-order valence-electron chi connectivity index (χ4n) is 1.84. The largest absolute Gasteiger partial charge is 0.353 e. The summed E-state index contributed by atoms with van der Waals surface area (Å²) in [5, 5.41) is 5.90. The molecule has 4 nitrogen and oxygen atoms in total. The van der Waals surface area contributed by atoms with E-state index in [9.17, 15) is 4.79 Å². The number of nitrogens with one attached hydrogen (secondary N) is 2. The van der Waals surface area contributed by atoms with E-state index in [1.807, 2.05) is 6.92 Å². The van der Waals surface area contributed by atoms with Crippen molar-refractivity contribution in [3.63, 3.8) is 0 Å². The Morgan fingerprint density at radius 2 is 1.93 bits per heavy atom. The van der Waals surface area contributed by atoms with Gasteiger partial charge in [-0.1, -0.05) is 0 Å². The lowest BCUT2D eigenvalue weighted by atomic mass is 10.2. The molecule has 15 heavy (non-hydrogen) atoms. The molecule has 0 bridgehead atoms. The number of carbonyl (C=O) groups excluding carboxylic acids is 1. The van der Waals surface area contributed by atoms with E-state index in [-0.39, 0.29) is 11.9 Å². The average Bonchev–Trinajstić information content (AvgIpc) is 2.77. The van der Waals surface area contributed by atoms with E-state index in [0.717, 1.165) is 6.54 Å². The van der Waals surface area contributed by atoms with Crippen LogP contribution >= 0.6 is 0 Å². The minimum atomic E-state index is -0.101. The quantitative estimate of drug-likeness (QED) is 0.685. The van der Waals surface area contributed by atoms with Crippen molar-refractivity contribution >= 4 is 5.91 Å². The molecule has 1 aliphatic heterocycles. The van der Waals surface area contributed by atoms with Crippen molar-refractivity contribution in [2.75, 3.05) is 26.7 Å². The van der Waals surface area contributed by atoms with E-state index in [1.54, 1.807) is 7.05 Å². The Kier molecular flexibility index (Phi) is 5.05. The molecule has 1 unspecified atom stereocenters. The normalized spacial score (nSPS) is 21.3. The lowest BCUT2D eigenvalue weighted by Gasteiger charge is -2.24. The van der Waals surface area contributed by atoms with Gasteiger partial charge in [0, 0.05) is 12.6 Å². The van der Waals surface area contributed by atoms with Gasteiger partial charge in [0.1, 0.15) is 0 Å². The van der Waals surface area contributed by atoms with Gasteiger partial charge in [-0.05, 0) is 46.8 Å². The molecule has 0 radical (unpaired) electrons. The van der Waals surface area contributed by atoms with Crippen molar-refractivity contribution in [1.29, 1.82) is 0 Å². The first-order valence-electron chi connectivity index (χ1n) is 5.84. The Labute approximate surface area is 92.4 Å². The van der Waals surface area contributed by atoms with Crippen LogP contribution in [0.1, 0.15) is 26.7 Å². The molecular weight excluding hydrogens is 190 g/mol. The first-order chi connectivity index (χ1) is 7.15. The van der Waals surface area contributed by atoms with Gasteiger partial charge in [-0.3, -0.25) is 9.69 Å². The second kappa shape index (κ2) is 6.08. The second-order valence-corrected chi connectivity index (χ2v) is 4.35. The molecule has 0 aromatic rings. The zero-order valence-electron chi connectivity index (χ0n) is 10.0. The number of hydrogen-bond acceptors (Lipinski definition) is 3. The summed E-state index contributed by atoms with van der Waals surface area (Å²) in [4.78, 5) is 13.9. The van der Waals surface area contributed by atoms with Crippen LogP contribution in [0.25, 0.3) is 0 Å². The van der Waals surface area contributed by atoms with Crippen LogP contribution in [-0.4, -0.2) is 49.6 Å². The molecule has 0 aromatic carbocycles. The van der Waals surface area contributed by atoms with E-state index < -0.39 is 0 Å². The first-order valence-corrected chi connectivity index (χ1v) is 5.84. The third-order valence-electron chi connectivity index (χ3n) is 3.16. The van der Waals surface area contributed by atoms with E-state index in [1.165, 1.54) is 25.9 Å². The Morgan fingerprint density at radius 3 is 2.47 bits per heavy atom. The van der Waals surface area contributed by atoms with E-state index in [4.69, 9.17) is 0 Å². The Balaban J connectivity index is 2.20. The Bertz CT molecular complexity index is 202. The van der Waals surface area contributed by atoms with Crippen LogP contribution in [0, 0.1) is 0 Å². The molecule has 1 saturated heterocycles. The van der Waals surface area contributed by atoms with Gasteiger partial charge in [-0.2, -0.15) is 0 Å². The highest BCUT2D eigenvalue weighted by Gasteiger charge is 2.19. The minimum Gasteiger partial charge on any atom is -0.353 e. The number of likely N-dealkylation sites (N-methyl/N-ethyl adjacent to an activating group) is 1. The SMILES string of the molecule is CN[C@@H](C)C(=O)NCC(C)N1CCCC1. The molecule has 0 spiro atoms. The highest BCUT2D eigenvalue weighted by Crippen LogP contribution is 2.10. The highest BCUT2D eigenvalue weighted by molar-refractivity contribution is 5.81. The van der Waals surface area contributed by atoms with E-state index in [0.29, 0.717) is 6.04 Å². The highest BCUT2D eigenvalue weighted by atomic mass is 16.2. The molecular formula is C11H23N3O. The fraction of sp³-hybridized carbons (Fsp3) is 0.909. The van der Waals surface area contributed by atoms with E-state index in [2.05, 4.69) is 22.5 Å². The average molecular weight is 213 g/mol. The predicted octanol–water partition coefficient (Wildman–Crippen LogP) is 0.195. The number of rotatable bonds is 5. The standard InChI is InChI=1S/C11H23N3O/c1-9(14-6-4-5-7-14)8-13-11(15)10(2)12-3/h9-10,12H,4-8H2,1-3H3,(H,13,15)/t9?,10-/m0/s1. The third kappa shape index (κ3) is 3.80. The lowest BCUT2D eigenvalue weighted by Crippen LogP contribution is -2.46. The van der Waals surface area contributed by atoms with Gasteiger partial charge >= 0.3 is 0 Å². The summed E-state index contributed by atoms with van der Waals surface area (Å²) in [5.74, 6) is 0.0866. The first kappa shape index (κ1) is 12.5. The molecule has 0 aliphatic carbocycles. The summed E-state index contributed by atoms with van der Waals surface area (Å²) in [6, 6.07) is 0.358. The van der Waals surface area contributed by atoms with Crippen molar-refractivity contribution in [2.24, 2.45) is 0 Å². The minimum absolute atomic E-state index is 0.0866. The molecule has 1 amide bonds. The van der Waals surface area contributed by atoms with Gasteiger partial charge in [-0.15, -0.1) is 0 Å². The Hall–Kier alpha value is -0.610. The molecule has 88 valence electrons. The summed E-state index contributed by atoms with van der Waals surface area (Å²) in [6.45, 7) is 7.16. The number of amides is 1. The van der Waals surface area contributed by atoms with Crippen LogP contribution in [0.4, 0.5) is 0 Å². The van der Waals surface area contributed by atoms with Crippen LogP contribution in [0.3, 0.4) is 0 Å². The van der Waals surface area contributed by atoms with Crippen LogP contribution in [0.2, 0.25) is 0 Å². The smallest absolute Gasteiger partial charge is 0.236 e. The number of hydrogen-bond donors (Lipinski definition) is 2. The molecule has 4 heteroatoms. The van der Waals surface area contributed by atoms with Gasteiger partial charge in [0.15, 0.2) is 0 Å². The van der Waals surface area contributed by atoms with Crippen molar-refractivity contribution in [2.45, 2.75) is 38.8 Å². The molecule has 0 saturated carbocycles. The van der Waals surface area contributed by atoms with Crippen LogP contribution in [0.5, 0.6) is 0 Å². The third-order valence-corrected chi connectivity index (χ3v) is 3.16. The van der Waals surface area contributed by atoms with Gasteiger partial charge in [0.2, 0.25) is 5.91 Å². The van der Waals surface area contributed by atoms with Crippen molar-refractivity contribution in [3.05, 3.63) is 0 Å². The summed E-state index contributed by atoms with van der Waals surface area (Å²) in [6.07, 6.45) is 2.59. The van der Waals surface area contributed by atoms with Gasteiger partial charge in [0.05, 0.1) is 6.04 Å². The molecule has 1 aliphatic rings. The van der Waals surface area contributed by atoms with Crippen LogP contribution < -0.4 is 10.6 Å². The molecule has 1 rings (SSSR count). The monoisotopic (exact) mass is 213 g/mol. The number of likely N-dealkylation sites (tertiary alicyclic amines) is 1. The molecule has 2 N–H and O–H groups in total. The second-order valence-electron chi connectivity index (χ2n) is 4.35. The van der Waals surface area contributed by atoms with Crippen LogP contribution in [0.15, 0.2) is 0 Å². The van der Waals surface area contributed by atoms with Crippen molar-refractivity contribution in [3.8, 4) is 0 Å². The summed E-state index contributed by atoms with van der Waals surface area (Å²) >= 11 is 0. The molecule has 1 heterocycles. The summed E-state index contributed by atoms with van der Waals surface area (Å²) in [5.41, 5.74) is 0. The van der Waals surface area contributed by atoms with Crippen LogP contribution in [-0.2, 0) is 4.79 Å². The maximum Gasteiger partial charge on any atom is 0.236 e. The zero-order chi connectivity index (χ0) is 11.3. The predicted molar refractivity (Wildman–Crippen MR) is 61.8 cm³/mol. The van der Waals surface area contributed by atoms with Gasteiger partial charge in [0.25, 0.3) is 0 Å². The summed E-state index contributed by atoms with van der Waals surface area (Å²) in [7, 11) is 1.80. The maximum absolute atomic E-state index is 11.5. The topological polar surface area (TPSA) is 44.4 Å². The summed E-state index contributed by atoms with van der Waals surface area (Å²) < 4.78 is 0. The fourth-order valence-corrected chi connectivity index (χ4v) is 1.84. The van der Waals surface area contributed by atoms with Crippen molar-refractivity contribution < 1.29 is 4.79 Å². The number of nitrogens with zero attached hydrogens (tertiary/aromatic N) is 1. The molecule has 2 atom stereocenters. The van der Waals surface area contributed by atoms with Crippen molar-refractivity contribution in [1.82, 2.24) is 15.5 Å². The molecule has 0 aromatic heterocycles. The maximum atomic E-state index is 11.5. The molecule has 1 fully saturated rings. The van der Waals surface area contributed by atoms with Gasteiger partial charge in [-0.25, -0.2) is 0 Å². The number of carbonyl (C=O) groups is 1. The van der Waals surface area contributed by atoms with Gasteiger partial charge < -0.3 is 10.6 Å². The Morgan fingerprint density at radius 1 is 1.33 bits per heavy atom. The van der Waals surface area contributed by atoms with E-state index >= 15 is 0 Å². The zero-order valence-corrected chi connectivity index (χ0v) is 10.0.